The predicted molar refractivity (Wildman–Crippen MR) is 268 cm³/mol. The van der Waals surface area contributed by atoms with Crippen LogP contribution in [0.3, 0.4) is 0 Å². The van der Waals surface area contributed by atoms with Crippen molar-refractivity contribution in [1.29, 1.82) is 0 Å². The highest BCUT2D eigenvalue weighted by molar-refractivity contribution is 7.90. The lowest BCUT2D eigenvalue weighted by molar-refractivity contribution is -0.384. The molecule has 16 nitrogen and oxygen atoms in total. The molecule has 1 spiro atoms. The SMILES string of the molecule is CCOc1nc2[nH]cc(F)c2cc1Oc1cc(N2CCC3(CC2)CN([C@@H]2CCC[C@@H]2c2ccccc2C(C)(C)C)C3)ccc1C(=O)NS(=O)(=O)c1cc2c(c([N+](=O)[O-])c1)N[C@@H]([C@H]1CC[C@](C)(O)CC1)CO2. The van der Waals surface area contributed by atoms with Crippen molar-refractivity contribution in [2.75, 3.05) is 49.6 Å². The molecule has 5 aromatic rings. The molecular formula is C53H64FN7O9S. The Labute approximate surface area is 413 Å². The van der Waals surface area contributed by atoms with Crippen LogP contribution in [0.25, 0.3) is 11.0 Å². The predicted octanol–water partition coefficient (Wildman–Crippen LogP) is 9.57. The maximum absolute atomic E-state index is 15.0. The normalized spacial score (nSPS) is 24.4. The van der Waals surface area contributed by atoms with Crippen LogP contribution in [0.4, 0.5) is 21.5 Å². The van der Waals surface area contributed by atoms with Gasteiger partial charge in [-0.3, -0.25) is 19.8 Å². The first-order valence-corrected chi connectivity index (χ1v) is 26.5. The average Bonchev–Trinajstić information content (AvgIpc) is 3.96. The Hall–Kier alpha value is -5.98. The van der Waals surface area contributed by atoms with Gasteiger partial charge in [-0.1, -0.05) is 51.5 Å². The molecule has 0 bridgehead atoms. The van der Waals surface area contributed by atoms with Crippen LogP contribution in [-0.2, 0) is 15.4 Å². The quantitative estimate of drug-likeness (QED) is 0.0681. The first kappa shape index (κ1) is 48.6. The summed E-state index contributed by atoms with van der Waals surface area (Å²) in [4.78, 5) is 37.7. The van der Waals surface area contributed by atoms with E-state index >= 15 is 0 Å². The number of anilines is 2. The highest BCUT2D eigenvalue weighted by Crippen LogP contribution is 2.50. The molecule has 378 valence electrons. The summed E-state index contributed by atoms with van der Waals surface area (Å²) in [5, 5.41) is 26.3. The summed E-state index contributed by atoms with van der Waals surface area (Å²) in [6.07, 6.45) is 9.27. The first-order valence-electron chi connectivity index (χ1n) is 25.0. The molecule has 3 aliphatic heterocycles. The van der Waals surface area contributed by atoms with Crippen LogP contribution in [0.2, 0.25) is 0 Å². The second kappa shape index (κ2) is 18.6. The number of halogens is 1. The van der Waals surface area contributed by atoms with E-state index in [1.807, 2.05) is 0 Å². The summed E-state index contributed by atoms with van der Waals surface area (Å²) in [5.74, 6) is -1.09. The van der Waals surface area contributed by atoms with Crippen LogP contribution >= 0.6 is 0 Å². The Balaban J connectivity index is 0.889. The Bertz CT molecular complexity index is 2970. The zero-order valence-electron chi connectivity index (χ0n) is 41.1. The number of pyridine rings is 1. The number of fused-ring (bicyclic) bond motifs is 2. The third kappa shape index (κ3) is 9.62. The molecule has 5 heterocycles. The van der Waals surface area contributed by atoms with Crippen molar-refractivity contribution in [2.45, 2.75) is 126 Å². The van der Waals surface area contributed by atoms with E-state index in [1.165, 1.54) is 42.5 Å². The highest BCUT2D eigenvalue weighted by atomic mass is 32.2. The summed E-state index contributed by atoms with van der Waals surface area (Å²) in [6, 6.07) is 17.6. The number of hydrogen-bond acceptors (Lipinski definition) is 13. The Kier molecular flexibility index (Phi) is 12.7. The molecule has 10 rings (SSSR count). The highest BCUT2D eigenvalue weighted by Gasteiger charge is 2.50. The molecule has 0 radical (unpaired) electrons. The van der Waals surface area contributed by atoms with Crippen LogP contribution in [0.1, 0.15) is 120 Å². The number of likely N-dealkylation sites (tertiary alicyclic amines) is 1. The number of piperidine rings is 1. The van der Waals surface area contributed by atoms with Crippen LogP contribution < -0.4 is 29.1 Å². The van der Waals surface area contributed by atoms with Crippen molar-refractivity contribution in [3.63, 3.8) is 0 Å². The van der Waals surface area contributed by atoms with Gasteiger partial charge in [0.05, 0.1) is 39.0 Å². The molecule has 71 heavy (non-hydrogen) atoms. The third-order valence-corrected chi connectivity index (χ3v) is 17.2. The van der Waals surface area contributed by atoms with E-state index in [0.717, 1.165) is 63.0 Å². The number of amides is 1. The molecular weight excluding hydrogens is 930 g/mol. The lowest BCUT2D eigenvalue weighted by atomic mass is 9.70. The van der Waals surface area contributed by atoms with Crippen molar-refractivity contribution in [3.05, 3.63) is 99.5 Å². The van der Waals surface area contributed by atoms with E-state index < -0.39 is 42.9 Å². The van der Waals surface area contributed by atoms with Crippen molar-refractivity contribution in [3.8, 4) is 23.1 Å². The number of aliphatic hydroxyl groups is 1. The average molecular weight is 994 g/mol. The molecule has 5 aliphatic rings. The van der Waals surface area contributed by atoms with Gasteiger partial charge in [-0.15, -0.1) is 0 Å². The molecule has 2 aromatic heterocycles. The molecule has 2 saturated carbocycles. The maximum Gasteiger partial charge on any atom is 0.297 e. The number of carbonyl (C=O) groups excluding carboxylic acids is 1. The minimum atomic E-state index is -4.76. The fourth-order valence-corrected chi connectivity index (χ4v) is 12.9. The summed E-state index contributed by atoms with van der Waals surface area (Å²) in [5.41, 5.74) is 2.74. The zero-order chi connectivity index (χ0) is 50.0. The van der Waals surface area contributed by atoms with E-state index in [9.17, 15) is 32.8 Å². The number of hydrogen-bond donors (Lipinski definition) is 4. The number of carbonyl (C=O) groups is 1. The van der Waals surface area contributed by atoms with Gasteiger partial charge in [-0.25, -0.2) is 17.5 Å². The fourth-order valence-electron chi connectivity index (χ4n) is 11.9. The number of nitro benzene ring substituents is 1. The monoisotopic (exact) mass is 993 g/mol. The van der Waals surface area contributed by atoms with Gasteiger partial charge in [-0.2, -0.15) is 4.98 Å². The number of nitro groups is 1. The van der Waals surface area contributed by atoms with Crippen molar-refractivity contribution in [2.24, 2.45) is 11.3 Å². The van der Waals surface area contributed by atoms with Gasteiger partial charge in [0.25, 0.3) is 27.5 Å². The number of nitrogens with zero attached hydrogens (tertiary/aromatic N) is 4. The second-order valence-corrected chi connectivity index (χ2v) is 23.5. The summed E-state index contributed by atoms with van der Waals surface area (Å²) >= 11 is 0. The number of rotatable bonds is 12. The van der Waals surface area contributed by atoms with Crippen LogP contribution in [0, 0.1) is 27.3 Å². The molecule has 1 amide bonds. The van der Waals surface area contributed by atoms with E-state index in [1.54, 1.807) is 26.0 Å². The largest absolute Gasteiger partial charge is 0.489 e. The molecule has 18 heteroatoms. The standard InChI is InChI=1S/C53H64FN7O9S/c1-6-68-50-46(27-38-40(54)28-55-48(38)57-50)70-44-24-33(59-22-20-53(21-23-59)30-60(31-53)42-13-9-11-36(42)35-10-7-8-12-39(35)51(2,3)4)14-15-37(44)49(62)58-71(66,67)34-25-43(61(64)65)47-45(26-34)69-29-41(56-47)32-16-18-52(5,63)19-17-32/h7-8,10,12,14-15,24-28,32,36,41-42,56,63H,6,9,11,13,16-23,29-31H2,1-5H3,(H,55,57)(H,58,62)/t32-,36-,41-,42-,52-/m1/s1. The number of nitrogens with one attached hydrogen (secondary N) is 3. The lowest BCUT2D eigenvalue weighted by Crippen LogP contribution is -2.63. The molecule has 3 aromatic carbocycles. The van der Waals surface area contributed by atoms with Gasteiger partial charge >= 0.3 is 0 Å². The minimum Gasteiger partial charge on any atom is -0.489 e. The van der Waals surface area contributed by atoms with Gasteiger partial charge in [0.2, 0.25) is 0 Å². The second-order valence-electron chi connectivity index (χ2n) is 21.8. The number of aromatic amines is 1. The third-order valence-electron chi connectivity index (χ3n) is 15.9. The van der Waals surface area contributed by atoms with Crippen molar-refractivity contribution < 1.29 is 41.8 Å². The zero-order valence-corrected chi connectivity index (χ0v) is 41.9. The van der Waals surface area contributed by atoms with E-state index in [4.69, 9.17) is 14.2 Å². The van der Waals surface area contributed by atoms with E-state index in [2.05, 4.69) is 74.8 Å². The minimum absolute atomic E-state index is 0.00118. The Morgan fingerprint density at radius 1 is 1.03 bits per heavy atom. The van der Waals surface area contributed by atoms with E-state index in [0.29, 0.717) is 37.6 Å². The Morgan fingerprint density at radius 3 is 2.49 bits per heavy atom. The molecule has 0 unspecified atom stereocenters. The molecule has 2 aliphatic carbocycles. The molecule has 4 N–H and O–H groups in total. The number of benzene rings is 3. The van der Waals surface area contributed by atoms with Gasteiger partial charge in [-0.05, 0) is 111 Å². The number of ether oxygens (including phenoxy) is 3. The lowest BCUT2D eigenvalue weighted by Gasteiger charge is -2.57. The van der Waals surface area contributed by atoms with E-state index in [-0.39, 0.29) is 81.4 Å². The Morgan fingerprint density at radius 2 is 1.77 bits per heavy atom. The van der Waals surface area contributed by atoms with Crippen molar-refractivity contribution >= 4 is 44.0 Å². The number of sulfonamides is 1. The number of aromatic nitrogens is 2. The molecule has 4 fully saturated rings. The summed E-state index contributed by atoms with van der Waals surface area (Å²) < 4.78 is 63.5. The summed E-state index contributed by atoms with van der Waals surface area (Å²) in [6.45, 7) is 14.4. The smallest absolute Gasteiger partial charge is 0.297 e. The van der Waals surface area contributed by atoms with Gasteiger partial charge in [0.1, 0.15) is 23.8 Å². The summed E-state index contributed by atoms with van der Waals surface area (Å²) in [7, 11) is -4.76. The van der Waals surface area contributed by atoms with Crippen LogP contribution in [0.5, 0.6) is 23.1 Å². The number of H-pyrrole nitrogens is 1. The van der Waals surface area contributed by atoms with Gasteiger partial charge < -0.3 is 34.5 Å². The van der Waals surface area contributed by atoms with Crippen LogP contribution in [0.15, 0.2) is 71.8 Å². The fraction of sp³-hybridized carbons (Fsp3) is 0.509. The molecule has 2 saturated heterocycles. The maximum atomic E-state index is 15.0. The van der Waals surface area contributed by atoms with Gasteiger partial charge in [0, 0.05) is 68.4 Å². The first-order chi connectivity index (χ1) is 33.8. The van der Waals surface area contributed by atoms with Crippen LogP contribution in [-0.4, -0.2) is 96.3 Å². The van der Waals surface area contributed by atoms with Crippen molar-refractivity contribution in [1.82, 2.24) is 19.6 Å². The topological polar surface area (TPSA) is 201 Å². The van der Waals surface area contributed by atoms with Gasteiger partial charge in [0.15, 0.2) is 17.2 Å². The molecule has 3 atom stereocenters.